The van der Waals surface area contributed by atoms with Crippen molar-refractivity contribution in [2.75, 3.05) is 0 Å². The lowest BCUT2D eigenvalue weighted by molar-refractivity contribution is 0.613. The van der Waals surface area contributed by atoms with Crippen LogP contribution in [0.5, 0.6) is 0 Å². The maximum Gasteiger partial charge on any atom is 0.206 e. The minimum Gasteiger partial charge on any atom is -0.453 e. The molecule has 0 N–H and O–H groups in total. The van der Waals surface area contributed by atoms with E-state index in [2.05, 4.69) is 15.9 Å². The van der Waals surface area contributed by atoms with Crippen LogP contribution in [0.3, 0.4) is 0 Å². The van der Waals surface area contributed by atoms with Gasteiger partial charge in [-0.1, -0.05) is 30.3 Å². The summed E-state index contributed by atoms with van der Waals surface area (Å²) in [5.41, 5.74) is 2.29. The van der Waals surface area contributed by atoms with Gasteiger partial charge in [0, 0.05) is 16.0 Å². The lowest BCUT2D eigenvalue weighted by Gasteiger charge is -2.04. The molecular formula is C15H11BrO2S. The van der Waals surface area contributed by atoms with Gasteiger partial charge in [0.1, 0.15) is 10.5 Å². The fourth-order valence-electron chi connectivity index (χ4n) is 2.06. The van der Waals surface area contributed by atoms with E-state index in [1.807, 2.05) is 44.2 Å². The first-order valence-electron chi connectivity index (χ1n) is 5.87. The fraction of sp³-hybridized carbons (Fsp3) is 0.133. The lowest BCUT2D eigenvalue weighted by atomic mass is 10.1. The van der Waals surface area contributed by atoms with Gasteiger partial charge in [-0.15, -0.1) is 11.3 Å². The number of hydrogen-bond acceptors (Lipinski definition) is 3. The largest absolute Gasteiger partial charge is 0.453 e. The Morgan fingerprint density at radius 1 is 1.16 bits per heavy atom. The first-order valence-corrected chi connectivity index (χ1v) is 7.48. The van der Waals surface area contributed by atoms with Gasteiger partial charge in [0.2, 0.25) is 5.43 Å². The quantitative estimate of drug-likeness (QED) is 0.633. The molecule has 1 aromatic carbocycles. The molecule has 0 unspecified atom stereocenters. The van der Waals surface area contributed by atoms with Crippen molar-refractivity contribution in [1.82, 2.24) is 0 Å². The highest BCUT2D eigenvalue weighted by Crippen LogP contribution is 2.36. The third-order valence-corrected chi connectivity index (χ3v) is 5.40. The van der Waals surface area contributed by atoms with E-state index < -0.39 is 0 Å². The summed E-state index contributed by atoms with van der Waals surface area (Å²) in [6.07, 6.45) is 0. The fourth-order valence-corrected chi connectivity index (χ4v) is 3.69. The van der Waals surface area contributed by atoms with Crippen LogP contribution < -0.4 is 5.43 Å². The van der Waals surface area contributed by atoms with Gasteiger partial charge in [-0.05, 0) is 29.8 Å². The maximum atomic E-state index is 12.4. The Bertz CT molecular complexity index is 816. The van der Waals surface area contributed by atoms with Crippen LogP contribution in [0.15, 0.2) is 44.0 Å². The second kappa shape index (κ2) is 4.62. The Morgan fingerprint density at radius 2 is 1.84 bits per heavy atom. The number of rotatable bonds is 1. The summed E-state index contributed by atoms with van der Waals surface area (Å²) in [5.74, 6) is 0.650. The van der Waals surface area contributed by atoms with Gasteiger partial charge >= 0.3 is 0 Å². The minimum atomic E-state index is 0.0545. The van der Waals surface area contributed by atoms with Crippen molar-refractivity contribution in [1.29, 1.82) is 0 Å². The predicted octanol–water partition coefficient (Wildman–Crippen LogP) is 4.90. The van der Waals surface area contributed by atoms with Crippen LogP contribution in [-0.4, -0.2) is 0 Å². The first-order chi connectivity index (χ1) is 9.09. The highest BCUT2D eigenvalue weighted by Gasteiger charge is 2.17. The van der Waals surface area contributed by atoms with Crippen molar-refractivity contribution in [3.05, 3.63) is 55.5 Å². The first kappa shape index (κ1) is 12.6. The molecule has 0 aliphatic carbocycles. The van der Waals surface area contributed by atoms with Crippen LogP contribution in [-0.2, 0) is 0 Å². The van der Waals surface area contributed by atoms with Crippen molar-refractivity contribution in [3.8, 4) is 11.3 Å². The zero-order chi connectivity index (χ0) is 13.6. The molecule has 0 fully saturated rings. The van der Waals surface area contributed by atoms with E-state index in [9.17, 15) is 4.79 Å². The molecule has 19 heavy (non-hydrogen) atoms. The van der Waals surface area contributed by atoms with Crippen LogP contribution >= 0.6 is 27.3 Å². The van der Waals surface area contributed by atoms with Crippen molar-refractivity contribution < 1.29 is 4.42 Å². The molecule has 0 atom stereocenters. The maximum absolute atomic E-state index is 12.4. The monoisotopic (exact) mass is 334 g/mol. The molecule has 3 rings (SSSR count). The van der Waals surface area contributed by atoms with Gasteiger partial charge in [-0.3, -0.25) is 4.79 Å². The SMILES string of the molecule is Cc1sc2c(=O)c(C)c(-c3ccccc3)oc2c1Br. The van der Waals surface area contributed by atoms with Gasteiger partial charge in [0.15, 0.2) is 5.58 Å². The second-order valence-electron chi connectivity index (χ2n) is 4.38. The molecular weight excluding hydrogens is 324 g/mol. The highest BCUT2D eigenvalue weighted by molar-refractivity contribution is 9.10. The molecule has 2 nitrogen and oxygen atoms in total. The Morgan fingerprint density at radius 3 is 2.53 bits per heavy atom. The molecule has 0 saturated heterocycles. The summed E-state index contributed by atoms with van der Waals surface area (Å²) in [7, 11) is 0. The third kappa shape index (κ3) is 1.95. The Kier molecular flexibility index (Phi) is 3.07. The minimum absolute atomic E-state index is 0.0545. The summed E-state index contributed by atoms with van der Waals surface area (Å²) in [5, 5.41) is 0. The number of benzene rings is 1. The predicted molar refractivity (Wildman–Crippen MR) is 83.0 cm³/mol. The standard InChI is InChI=1S/C15H11BrO2S/c1-8-12(17)15-14(11(16)9(2)19-15)18-13(8)10-6-4-3-5-7-10/h3-7H,1-2H3. The summed E-state index contributed by atoms with van der Waals surface area (Å²) in [6.45, 7) is 3.79. The van der Waals surface area contributed by atoms with E-state index >= 15 is 0 Å². The molecule has 0 saturated carbocycles. The number of thiophene rings is 1. The molecule has 2 aromatic heterocycles. The van der Waals surface area contributed by atoms with Crippen LogP contribution in [0.4, 0.5) is 0 Å². The summed E-state index contributed by atoms with van der Waals surface area (Å²) >= 11 is 4.96. The normalized spacial score (nSPS) is 11.1. The number of aryl methyl sites for hydroxylation is 1. The zero-order valence-electron chi connectivity index (χ0n) is 10.5. The number of fused-ring (bicyclic) bond motifs is 1. The van der Waals surface area contributed by atoms with E-state index in [0.717, 1.165) is 14.9 Å². The van der Waals surface area contributed by atoms with E-state index in [-0.39, 0.29) is 5.43 Å². The number of hydrogen-bond donors (Lipinski definition) is 0. The van der Waals surface area contributed by atoms with Gasteiger partial charge in [0.25, 0.3) is 0 Å². The molecule has 0 amide bonds. The lowest BCUT2D eigenvalue weighted by Crippen LogP contribution is -2.05. The highest BCUT2D eigenvalue weighted by atomic mass is 79.9. The summed E-state index contributed by atoms with van der Waals surface area (Å²) < 4.78 is 7.53. The van der Waals surface area contributed by atoms with Gasteiger partial charge in [-0.25, -0.2) is 0 Å². The molecule has 0 aliphatic rings. The Hall–Kier alpha value is -1.39. The topological polar surface area (TPSA) is 30.2 Å². The van der Waals surface area contributed by atoms with E-state index in [1.165, 1.54) is 11.3 Å². The van der Waals surface area contributed by atoms with E-state index in [4.69, 9.17) is 4.42 Å². The van der Waals surface area contributed by atoms with Crippen molar-refractivity contribution >= 4 is 37.5 Å². The van der Waals surface area contributed by atoms with Crippen LogP contribution in [0.2, 0.25) is 0 Å². The molecule has 0 radical (unpaired) electrons. The molecule has 0 spiro atoms. The van der Waals surface area contributed by atoms with Crippen LogP contribution in [0, 0.1) is 13.8 Å². The zero-order valence-corrected chi connectivity index (χ0v) is 12.9. The van der Waals surface area contributed by atoms with Crippen molar-refractivity contribution in [2.45, 2.75) is 13.8 Å². The van der Waals surface area contributed by atoms with Crippen molar-refractivity contribution in [3.63, 3.8) is 0 Å². The van der Waals surface area contributed by atoms with Gasteiger partial charge in [0.05, 0.1) is 4.47 Å². The summed E-state index contributed by atoms with van der Waals surface area (Å²) in [4.78, 5) is 13.5. The third-order valence-electron chi connectivity index (χ3n) is 3.10. The Labute approximate surface area is 122 Å². The molecule has 96 valence electrons. The summed E-state index contributed by atoms with van der Waals surface area (Å²) in [6, 6.07) is 9.72. The Balaban J connectivity index is 2.42. The van der Waals surface area contributed by atoms with Crippen LogP contribution in [0.25, 0.3) is 21.6 Å². The molecule has 4 heteroatoms. The average Bonchev–Trinajstić information content (AvgIpc) is 2.71. The average molecular weight is 335 g/mol. The van der Waals surface area contributed by atoms with Gasteiger partial charge < -0.3 is 4.42 Å². The van der Waals surface area contributed by atoms with Crippen molar-refractivity contribution in [2.24, 2.45) is 0 Å². The molecule has 0 bridgehead atoms. The second-order valence-corrected chi connectivity index (χ2v) is 6.40. The molecule has 0 aliphatic heterocycles. The van der Waals surface area contributed by atoms with Crippen LogP contribution in [0.1, 0.15) is 10.4 Å². The smallest absolute Gasteiger partial charge is 0.206 e. The molecule has 2 heterocycles. The number of halogens is 1. The van der Waals surface area contributed by atoms with Gasteiger partial charge in [-0.2, -0.15) is 0 Å². The molecule has 3 aromatic rings. The van der Waals surface area contributed by atoms with E-state index in [1.54, 1.807) is 0 Å². The van der Waals surface area contributed by atoms with E-state index in [0.29, 0.717) is 21.6 Å².